The zero-order chi connectivity index (χ0) is 18.7. The summed E-state index contributed by atoms with van der Waals surface area (Å²) in [4.78, 5) is 14.3. The van der Waals surface area contributed by atoms with E-state index in [0.717, 1.165) is 12.0 Å². The summed E-state index contributed by atoms with van der Waals surface area (Å²) in [5, 5.41) is 0.704. The Balaban J connectivity index is 1.83. The Labute approximate surface area is 156 Å². The van der Waals surface area contributed by atoms with Gasteiger partial charge in [0.15, 0.2) is 0 Å². The quantitative estimate of drug-likeness (QED) is 0.539. The molecule has 0 atom stereocenters. The average molecular weight is 392 g/mol. The number of rotatable bonds is 7. The molecule has 2 aromatic carbocycles. The Bertz CT molecular complexity index is 1050. The van der Waals surface area contributed by atoms with Gasteiger partial charge in [-0.2, -0.15) is 0 Å². The second-order valence-electron chi connectivity index (χ2n) is 5.87. The number of benzene rings is 2. The first-order valence-electron chi connectivity index (χ1n) is 8.03. The van der Waals surface area contributed by atoms with Crippen molar-refractivity contribution in [3.8, 4) is 0 Å². The standard InChI is InChI=1S/C18H18ClN3O3S/c19-13-8-9-15-14(11-13)17(16(22-15)18(20)23)26(24,25)21-10-4-7-12-5-2-1-3-6-12/h1-3,5-6,8-9,11,21-22H,4,7,10H2,(H2,20,23). The third kappa shape index (κ3) is 3.90. The number of H-pyrrole nitrogens is 1. The van der Waals surface area contributed by atoms with Crippen LogP contribution in [0.2, 0.25) is 5.02 Å². The van der Waals surface area contributed by atoms with Crippen LogP contribution in [0.1, 0.15) is 22.5 Å². The number of aryl methyl sites for hydroxylation is 1. The lowest BCUT2D eigenvalue weighted by Gasteiger charge is -2.08. The number of hydrogen-bond donors (Lipinski definition) is 3. The van der Waals surface area contributed by atoms with Crippen molar-refractivity contribution in [1.82, 2.24) is 9.71 Å². The van der Waals surface area contributed by atoms with E-state index >= 15 is 0 Å². The molecule has 26 heavy (non-hydrogen) atoms. The van der Waals surface area contributed by atoms with E-state index in [4.69, 9.17) is 17.3 Å². The summed E-state index contributed by atoms with van der Waals surface area (Å²) in [6, 6.07) is 14.5. The molecule has 0 fully saturated rings. The fourth-order valence-electron chi connectivity index (χ4n) is 2.81. The van der Waals surface area contributed by atoms with Gasteiger partial charge in [0.2, 0.25) is 10.0 Å². The van der Waals surface area contributed by atoms with Gasteiger partial charge >= 0.3 is 0 Å². The van der Waals surface area contributed by atoms with Crippen LogP contribution >= 0.6 is 11.6 Å². The van der Waals surface area contributed by atoms with Crippen LogP contribution in [0.4, 0.5) is 0 Å². The second kappa shape index (κ2) is 7.49. The number of hydrogen-bond acceptors (Lipinski definition) is 3. The van der Waals surface area contributed by atoms with Gasteiger partial charge in [0.25, 0.3) is 5.91 Å². The summed E-state index contributed by atoms with van der Waals surface area (Å²) in [6.07, 6.45) is 1.37. The molecule has 6 nitrogen and oxygen atoms in total. The monoisotopic (exact) mass is 391 g/mol. The maximum absolute atomic E-state index is 12.8. The van der Waals surface area contributed by atoms with E-state index in [0.29, 0.717) is 22.3 Å². The van der Waals surface area contributed by atoms with E-state index in [1.54, 1.807) is 12.1 Å². The molecule has 0 spiro atoms. The number of nitrogens with two attached hydrogens (primary N) is 1. The van der Waals surface area contributed by atoms with Gasteiger partial charge in [-0.3, -0.25) is 4.79 Å². The van der Waals surface area contributed by atoms with Crippen LogP contribution in [0.15, 0.2) is 53.4 Å². The van der Waals surface area contributed by atoms with Crippen molar-refractivity contribution >= 4 is 38.4 Å². The number of primary amides is 1. The van der Waals surface area contributed by atoms with Crippen molar-refractivity contribution in [2.24, 2.45) is 5.73 Å². The van der Waals surface area contributed by atoms with Crippen LogP contribution in [0.3, 0.4) is 0 Å². The van der Waals surface area contributed by atoms with Crippen molar-refractivity contribution in [1.29, 1.82) is 0 Å². The third-order valence-corrected chi connectivity index (χ3v) is 5.79. The van der Waals surface area contributed by atoms with E-state index in [-0.39, 0.29) is 17.1 Å². The summed E-state index contributed by atoms with van der Waals surface area (Å²) in [7, 11) is -3.93. The van der Waals surface area contributed by atoms with Crippen LogP contribution in [0.25, 0.3) is 10.9 Å². The van der Waals surface area contributed by atoms with Crippen LogP contribution in [-0.2, 0) is 16.4 Å². The molecule has 0 aliphatic heterocycles. The number of aromatic nitrogens is 1. The Hall–Kier alpha value is -2.35. The summed E-state index contributed by atoms with van der Waals surface area (Å²) in [6.45, 7) is 0.239. The average Bonchev–Trinajstić information content (AvgIpc) is 2.99. The molecule has 0 bridgehead atoms. The van der Waals surface area contributed by atoms with Crippen LogP contribution in [-0.4, -0.2) is 25.9 Å². The molecule has 0 aliphatic rings. The summed E-state index contributed by atoms with van der Waals surface area (Å²) >= 11 is 5.98. The van der Waals surface area contributed by atoms with Crippen LogP contribution < -0.4 is 10.5 Å². The highest BCUT2D eigenvalue weighted by molar-refractivity contribution is 7.89. The SMILES string of the molecule is NC(=O)c1[nH]c2ccc(Cl)cc2c1S(=O)(=O)NCCCc1ccccc1. The number of fused-ring (bicyclic) bond motifs is 1. The smallest absolute Gasteiger partial charge is 0.266 e. The lowest BCUT2D eigenvalue weighted by atomic mass is 10.1. The molecule has 1 amide bonds. The molecule has 0 aliphatic carbocycles. The molecular formula is C18H18ClN3O3S. The van der Waals surface area contributed by atoms with E-state index in [1.807, 2.05) is 30.3 Å². The lowest BCUT2D eigenvalue weighted by molar-refractivity contribution is 0.0993. The number of amides is 1. The number of carbonyl (C=O) groups excluding carboxylic acids is 1. The predicted molar refractivity (Wildman–Crippen MR) is 102 cm³/mol. The minimum absolute atomic E-state index is 0.155. The zero-order valence-electron chi connectivity index (χ0n) is 13.8. The molecule has 4 N–H and O–H groups in total. The highest BCUT2D eigenvalue weighted by atomic mass is 35.5. The fourth-order valence-corrected chi connectivity index (χ4v) is 4.42. The number of carbonyl (C=O) groups is 1. The number of halogens is 1. The number of nitrogens with one attached hydrogen (secondary N) is 2. The molecule has 3 rings (SSSR count). The third-order valence-electron chi connectivity index (χ3n) is 4.01. The van der Waals surface area contributed by atoms with Crippen molar-refractivity contribution in [2.75, 3.05) is 6.54 Å². The first kappa shape index (κ1) is 18.4. The van der Waals surface area contributed by atoms with Gasteiger partial charge in [0.1, 0.15) is 10.6 Å². The Morgan fingerprint density at radius 1 is 1.15 bits per heavy atom. The van der Waals surface area contributed by atoms with Gasteiger partial charge < -0.3 is 10.7 Å². The van der Waals surface area contributed by atoms with Gasteiger partial charge in [-0.05, 0) is 36.6 Å². The maximum atomic E-state index is 12.8. The first-order valence-corrected chi connectivity index (χ1v) is 9.89. The second-order valence-corrected chi connectivity index (χ2v) is 8.01. The molecule has 0 saturated carbocycles. The summed E-state index contributed by atoms with van der Waals surface area (Å²) in [5.41, 5.74) is 6.80. The maximum Gasteiger partial charge on any atom is 0.266 e. The van der Waals surface area contributed by atoms with Crippen molar-refractivity contribution in [3.05, 3.63) is 64.8 Å². The topological polar surface area (TPSA) is 105 Å². The molecule has 1 heterocycles. The lowest BCUT2D eigenvalue weighted by Crippen LogP contribution is -2.27. The zero-order valence-corrected chi connectivity index (χ0v) is 15.4. The highest BCUT2D eigenvalue weighted by Gasteiger charge is 2.26. The summed E-state index contributed by atoms with van der Waals surface area (Å²) in [5.74, 6) is -0.845. The van der Waals surface area contributed by atoms with Gasteiger partial charge in [0.05, 0.1) is 0 Å². The molecule has 8 heteroatoms. The minimum atomic E-state index is -3.93. The molecule has 3 aromatic rings. The number of sulfonamides is 1. The highest BCUT2D eigenvalue weighted by Crippen LogP contribution is 2.29. The Morgan fingerprint density at radius 2 is 1.88 bits per heavy atom. The largest absolute Gasteiger partial charge is 0.364 e. The minimum Gasteiger partial charge on any atom is -0.364 e. The first-order chi connectivity index (χ1) is 12.4. The fraction of sp³-hybridized carbons (Fsp3) is 0.167. The van der Waals surface area contributed by atoms with E-state index < -0.39 is 15.9 Å². The van der Waals surface area contributed by atoms with Gasteiger partial charge in [-0.25, -0.2) is 13.1 Å². The van der Waals surface area contributed by atoms with Crippen molar-refractivity contribution < 1.29 is 13.2 Å². The summed E-state index contributed by atoms with van der Waals surface area (Å²) < 4.78 is 28.1. The molecule has 0 radical (unpaired) electrons. The molecule has 0 saturated heterocycles. The molecular weight excluding hydrogens is 374 g/mol. The van der Waals surface area contributed by atoms with E-state index in [2.05, 4.69) is 9.71 Å². The normalized spacial score (nSPS) is 11.7. The molecule has 1 aromatic heterocycles. The number of aromatic amines is 1. The predicted octanol–water partition coefficient (Wildman–Crippen LogP) is 2.83. The van der Waals surface area contributed by atoms with Crippen molar-refractivity contribution in [2.45, 2.75) is 17.7 Å². The Kier molecular flexibility index (Phi) is 5.31. The van der Waals surface area contributed by atoms with Crippen LogP contribution in [0.5, 0.6) is 0 Å². The van der Waals surface area contributed by atoms with Crippen molar-refractivity contribution in [3.63, 3.8) is 0 Å². The molecule has 136 valence electrons. The van der Waals surface area contributed by atoms with Gasteiger partial charge in [-0.15, -0.1) is 0 Å². The van der Waals surface area contributed by atoms with Crippen LogP contribution in [0, 0.1) is 0 Å². The van der Waals surface area contributed by atoms with E-state index in [9.17, 15) is 13.2 Å². The van der Waals surface area contributed by atoms with Gasteiger partial charge in [-0.1, -0.05) is 41.9 Å². The van der Waals surface area contributed by atoms with Gasteiger partial charge in [0, 0.05) is 22.5 Å². The molecule has 0 unspecified atom stereocenters. The Morgan fingerprint density at radius 3 is 2.58 bits per heavy atom. The van der Waals surface area contributed by atoms with E-state index in [1.165, 1.54) is 6.07 Å².